The predicted molar refractivity (Wildman–Crippen MR) is 98.0 cm³/mol. The molecular weight excluding hydrogens is 338 g/mol. The van der Waals surface area contributed by atoms with Crippen LogP contribution >= 0.6 is 11.8 Å². The van der Waals surface area contributed by atoms with Crippen molar-refractivity contribution in [3.05, 3.63) is 35.9 Å². The van der Waals surface area contributed by atoms with E-state index in [0.29, 0.717) is 13.1 Å². The molecule has 0 atom stereocenters. The molecular formula is C17H21N5O2S. The zero-order valence-corrected chi connectivity index (χ0v) is 14.9. The second kappa shape index (κ2) is 7.71. The zero-order chi connectivity index (χ0) is 17.8. The number of rotatable bonds is 5. The van der Waals surface area contributed by atoms with Crippen LogP contribution in [0.2, 0.25) is 0 Å². The van der Waals surface area contributed by atoms with Gasteiger partial charge in [0.25, 0.3) is 0 Å². The van der Waals surface area contributed by atoms with Gasteiger partial charge in [0.2, 0.25) is 5.95 Å². The first kappa shape index (κ1) is 17.5. The van der Waals surface area contributed by atoms with Crippen LogP contribution in [0.5, 0.6) is 0 Å². The van der Waals surface area contributed by atoms with Crippen molar-refractivity contribution in [3.8, 4) is 0 Å². The smallest absolute Gasteiger partial charge is 0.317 e. The van der Waals surface area contributed by atoms with Gasteiger partial charge in [-0.3, -0.25) is 9.69 Å². The molecule has 0 amide bonds. The molecule has 1 fully saturated rings. The van der Waals surface area contributed by atoms with Gasteiger partial charge in [0.1, 0.15) is 10.8 Å². The van der Waals surface area contributed by atoms with Gasteiger partial charge in [0, 0.05) is 37.1 Å². The van der Waals surface area contributed by atoms with Crippen LogP contribution < -0.4 is 10.6 Å². The number of anilines is 2. The van der Waals surface area contributed by atoms with Gasteiger partial charge < -0.3 is 15.7 Å². The van der Waals surface area contributed by atoms with Crippen LogP contribution in [0.15, 0.2) is 40.3 Å². The lowest BCUT2D eigenvalue weighted by Crippen LogP contribution is -2.48. The van der Waals surface area contributed by atoms with E-state index in [0.717, 1.165) is 28.8 Å². The largest absolute Gasteiger partial charge is 0.480 e. The summed E-state index contributed by atoms with van der Waals surface area (Å²) in [5.41, 5.74) is 7.10. The first-order valence-corrected chi connectivity index (χ1v) is 8.89. The summed E-state index contributed by atoms with van der Waals surface area (Å²) in [6, 6.07) is 10.2. The number of benzene rings is 1. The highest BCUT2D eigenvalue weighted by molar-refractivity contribution is 7.99. The van der Waals surface area contributed by atoms with Crippen LogP contribution in [-0.4, -0.2) is 58.7 Å². The SMILES string of the molecule is Cc1ccc(Sc2cc(N3CCN(CC(=O)O)CC3)nc(N)n2)cc1. The Labute approximate surface area is 150 Å². The third-order valence-electron chi connectivity index (χ3n) is 4.00. The number of nitrogens with two attached hydrogens (primary N) is 1. The van der Waals surface area contributed by atoms with Crippen LogP contribution in [0.3, 0.4) is 0 Å². The number of hydrogen-bond donors (Lipinski definition) is 2. The van der Waals surface area contributed by atoms with Crippen LogP contribution in [0.4, 0.5) is 11.8 Å². The number of carboxylic acids is 1. The molecule has 8 heteroatoms. The third kappa shape index (κ3) is 4.83. The number of carbonyl (C=O) groups is 1. The molecule has 1 aliphatic heterocycles. The molecule has 0 spiro atoms. The molecule has 1 aromatic heterocycles. The summed E-state index contributed by atoms with van der Waals surface area (Å²) in [7, 11) is 0. The van der Waals surface area contributed by atoms with E-state index in [-0.39, 0.29) is 12.5 Å². The molecule has 7 nitrogen and oxygen atoms in total. The molecule has 3 N–H and O–H groups in total. The monoisotopic (exact) mass is 359 g/mol. The third-order valence-corrected chi connectivity index (χ3v) is 4.93. The van der Waals surface area contributed by atoms with E-state index in [4.69, 9.17) is 10.8 Å². The summed E-state index contributed by atoms with van der Waals surface area (Å²) in [4.78, 5) is 24.6. The summed E-state index contributed by atoms with van der Waals surface area (Å²) in [6.45, 7) is 4.96. The fraction of sp³-hybridized carbons (Fsp3) is 0.353. The molecule has 132 valence electrons. The highest BCUT2D eigenvalue weighted by Gasteiger charge is 2.20. The van der Waals surface area contributed by atoms with Crippen molar-refractivity contribution in [2.75, 3.05) is 43.4 Å². The van der Waals surface area contributed by atoms with Gasteiger partial charge in [0.05, 0.1) is 6.54 Å². The maximum absolute atomic E-state index is 10.8. The van der Waals surface area contributed by atoms with E-state index in [2.05, 4.69) is 46.1 Å². The summed E-state index contributed by atoms with van der Waals surface area (Å²) in [6.07, 6.45) is 0. The van der Waals surface area contributed by atoms with Gasteiger partial charge >= 0.3 is 5.97 Å². The van der Waals surface area contributed by atoms with Crippen molar-refractivity contribution < 1.29 is 9.90 Å². The quantitative estimate of drug-likeness (QED) is 0.779. The van der Waals surface area contributed by atoms with Crippen LogP contribution in [0.25, 0.3) is 0 Å². The first-order valence-electron chi connectivity index (χ1n) is 8.08. The van der Waals surface area contributed by atoms with Gasteiger partial charge in [-0.15, -0.1) is 0 Å². The van der Waals surface area contributed by atoms with Gasteiger partial charge in [-0.05, 0) is 19.1 Å². The normalized spacial score (nSPS) is 15.3. The van der Waals surface area contributed by atoms with Crippen molar-refractivity contribution in [1.82, 2.24) is 14.9 Å². The molecule has 0 aliphatic carbocycles. The van der Waals surface area contributed by atoms with Crippen molar-refractivity contribution in [1.29, 1.82) is 0 Å². The molecule has 0 unspecified atom stereocenters. The maximum Gasteiger partial charge on any atom is 0.317 e. The van der Waals surface area contributed by atoms with Gasteiger partial charge in [-0.25, -0.2) is 4.98 Å². The number of hydrogen-bond acceptors (Lipinski definition) is 7. The van der Waals surface area contributed by atoms with E-state index in [1.165, 1.54) is 5.56 Å². The number of aryl methyl sites for hydroxylation is 1. The Morgan fingerprint density at radius 3 is 2.52 bits per heavy atom. The zero-order valence-electron chi connectivity index (χ0n) is 14.1. The lowest BCUT2D eigenvalue weighted by molar-refractivity contribution is -0.138. The van der Waals surface area contributed by atoms with Crippen molar-refractivity contribution in [2.45, 2.75) is 16.8 Å². The first-order chi connectivity index (χ1) is 12.0. The summed E-state index contributed by atoms with van der Waals surface area (Å²) in [5.74, 6) is 0.244. The fourth-order valence-corrected chi connectivity index (χ4v) is 3.52. The average molecular weight is 359 g/mol. The van der Waals surface area contributed by atoms with E-state index < -0.39 is 5.97 Å². The van der Waals surface area contributed by atoms with Crippen molar-refractivity contribution in [2.24, 2.45) is 0 Å². The Hall–Kier alpha value is -2.32. The second-order valence-electron chi connectivity index (χ2n) is 5.99. The lowest BCUT2D eigenvalue weighted by Gasteiger charge is -2.34. The van der Waals surface area contributed by atoms with Crippen LogP contribution in [0, 0.1) is 6.92 Å². The lowest BCUT2D eigenvalue weighted by atomic mass is 10.2. The molecule has 2 aromatic rings. The minimum absolute atomic E-state index is 0.0777. The van der Waals surface area contributed by atoms with E-state index in [1.54, 1.807) is 11.8 Å². The number of aromatic nitrogens is 2. The topological polar surface area (TPSA) is 95.6 Å². The average Bonchev–Trinajstić information content (AvgIpc) is 2.57. The number of nitrogen functional groups attached to an aromatic ring is 1. The number of aliphatic carboxylic acids is 1. The Kier molecular flexibility index (Phi) is 5.40. The highest BCUT2D eigenvalue weighted by atomic mass is 32.2. The van der Waals surface area contributed by atoms with Crippen LogP contribution in [0.1, 0.15) is 5.56 Å². The number of carboxylic acid groups (broad SMARTS) is 1. The molecule has 0 radical (unpaired) electrons. The standard InChI is InChI=1S/C17H21N5O2S/c1-12-2-4-13(5-3-12)25-15-10-14(19-17(18)20-15)22-8-6-21(7-9-22)11-16(23)24/h2-5,10H,6-9,11H2,1H3,(H,23,24)(H2,18,19,20). The van der Waals surface area contributed by atoms with Crippen molar-refractivity contribution in [3.63, 3.8) is 0 Å². The van der Waals surface area contributed by atoms with Gasteiger partial charge in [0.15, 0.2) is 0 Å². The van der Waals surface area contributed by atoms with E-state index in [1.807, 2.05) is 11.0 Å². The van der Waals surface area contributed by atoms with Gasteiger partial charge in [-0.2, -0.15) is 4.98 Å². The molecule has 2 heterocycles. The molecule has 3 rings (SSSR count). The van der Waals surface area contributed by atoms with Gasteiger partial charge in [-0.1, -0.05) is 29.5 Å². The minimum atomic E-state index is -0.795. The van der Waals surface area contributed by atoms with Crippen molar-refractivity contribution >= 4 is 29.5 Å². The molecule has 1 aromatic carbocycles. The second-order valence-corrected chi connectivity index (χ2v) is 7.09. The predicted octanol–water partition coefficient (Wildman–Crippen LogP) is 1.73. The molecule has 0 saturated carbocycles. The van der Waals surface area contributed by atoms with Crippen LogP contribution in [-0.2, 0) is 4.79 Å². The number of piperazine rings is 1. The summed E-state index contributed by atoms with van der Waals surface area (Å²) < 4.78 is 0. The fourth-order valence-electron chi connectivity index (χ4n) is 2.70. The minimum Gasteiger partial charge on any atom is -0.480 e. The maximum atomic E-state index is 10.8. The Morgan fingerprint density at radius 1 is 1.20 bits per heavy atom. The summed E-state index contributed by atoms with van der Waals surface area (Å²) >= 11 is 1.55. The molecule has 25 heavy (non-hydrogen) atoms. The van der Waals surface area contributed by atoms with E-state index >= 15 is 0 Å². The summed E-state index contributed by atoms with van der Waals surface area (Å²) in [5, 5.41) is 9.69. The highest BCUT2D eigenvalue weighted by Crippen LogP contribution is 2.29. The Balaban J connectivity index is 1.69. The molecule has 1 aliphatic rings. The van der Waals surface area contributed by atoms with E-state index in [9.17, 15) is 4.79 Å². The number of nitrogens with zero attached hydrogens (tertiary/aromatic N) is 4. The molecule has 0 bridgehead atoms. The molecule has 1 saturated heterocycles. The Bertz CT molecular complexity index is 745. The Morgan fingerprint density at radius 2 is 1.88 bits per heavy atom.